The van der Waals surface area contributed by atoms with Crippen molar-refractivity contribution in [1.82, 2.24) is 0 Å². The zero-order valence-corrected chi connectivity index (χ0v) is 16.0. The van der Waals surface area contributed by atoms with Crippen LogP contribution in [0, 0.1) is 0 Å². The Labute approximate surface area is 162 Å². The van der Waals surface area contributed by atoms with Gasteiger partial charge in [0, 0.05) is 5.56 Å². The Balaban J connectivity index is 1.71. The lowest BCUT2D eigenvalue weighted by molar-refractivity contribution is -0.113. The molecule has 0 bridgehead atoms. The largest absolute Gasteiger partial charge is 0.508 e. The number of phenolic OH excluding ortho intramolecular Hbond substituents is 1. The first kappa shape index (κ1) is 18.5. The van der Waals surface area contributed by atoms with Gasteiger partial charge >= 0.3 is 0 Å². The average Bonchev–Trinajstić information content (AvgIpc) is 2.88. The number of hydrogen-bond donors (Lipinski definition) is 1. The molecule has 1 amide bonds. The molecule has 0 saturated carbocycles. The van der Waals surface area contributed by atoms with Gasteiger partial charge in [-0.2, -0.15) is 0 Å². The summed E-state index contributed by atoms with van der Waals surface area (Å²) in [5.41, 5.74) is 2.59. The molecule has 3 rings (SSSR count). The number of thiocarbonyl (C=S) groups is 1. The van der Waals surface area contributed by atoms with E-state index in [9.17, 15) is 9.90 Å². The lowest BCUT2D eigenvalue weighted by atomic mass is 10.0. The van der Waals surface area contributed by atoms with Crippen LogP contribution in [0.15, 0.2) is 53.9 Å². The molecular weight excluding hydrogens is 366 g/mol. The van der Waals surface area contributed by atoms with Crippen LogP contribution in [0.2, 0.25) is 0 Å². The summed E-state index contributed by atoms with van der Waals surface area (Å²) < 4.78 is 6.34. The van der Waals surface area contributed by atoms with Gasteiger partial charge < -0.3 is 9.84 Å². The maximum absolute atomic E-state index is 12.1. The standard InChI is InChI=1S/C20H19NO3S2/c1-3-5-17-14(6-4-7-18(17)22)12-24-16-10-8-15(9-11-16)21-19(23)13(2)26-20(21)25/h4,6-11,22H,2-3,5,12H2,1H3. The van der Waals surface area contributed by atoms with Crippen molar-refractivity contribution >= 4 is 39.9 Å². The molecule has 0 radical (unpaired) electrons. The zero-order chi connectivity index (χ0) is 18.7. The fraction of sp³-hybridized carbons (Fsp3) is 0.200. The van der Waals surface area contributed by atoms with Crippen LogP contribution in [0.4, 0.5) is 5.69 Å². The SMILES string of the molecule is C=C1SC(=S)N(c2ccc(OCc3cccc(O)c3CCC)cc2)C1=O. The number of nitrogens with zero attached hydrogens (tertiary/aromatic N) is 1. The van der Waals surface area contributed by atoms with E-state index in [2.05, 4.69) is 13.5 Å². The van der Waals surface area contributed by atoms with Crippen LogP contribution in [-0.4, -0.2) is 15.3 Å². The second-order valence-electron chi connectivity index (χ2n) is 5.88. The number of thioether (sulfide) groups is 1. The minimum absolute atomic E-state index is 0.183. The molecule has 6 heteroatoms. The molecule has 1 fully saturated rings. The summed E-state index contributed by atoms with van der Waals surface area (Å²) in [4.78, 5) is 14.0. The van der Waals surface area contributed by atoms with E-state index >= 15 is 0 Å². The summed E-state index contributed by atoms with van der Waals surface area (Å²) in [6.07, 6.45) is 1.76. The minimum atomic E-state index is -0.183. The highest BCUT2D eigenvalue weighted by Gasteiger charge is 2.31. The molecule has 1 aliphatic rings. The van der Waals surface area contributed by atoms with Crippen molar-refractivity contribution in [3.8, 4) is 11.5 Å². The lowest BCUT2D eigenvalue weighted by Gasteiger charge is -2.16. The fourth-order valence-corrected chi connectivity index (χ4v) is 3.93. The number of rotatable bonds is 6. The number of carbonyl (C=O) groups is 1. The number of amides is 1. The molecule has 0 aromatic heterocycles. The molecule has 1 saturated heterocycles. The van der Waals surface area contributed by atoms with Gasteiger partial charge in [-0.3, -0.25) is 9.69 Å². The number of phenols is 1. The van der Waals surface area contributed by atoms with Gasteiger partial charge in [0.15, 0.2) is 4.32 Å². The van der Waals surface area contributed by atoms with Gasteiger partial charge in [-0.1, -0.05) is 56.0 Å². The van der Waals surface area contributed by atoms with E-state index < -0.39 is 0 Å². The summed E-state index contributed by atoms with van der Waals surface area (Å²) in [6, 6.07) is 12.7. The molecule has 0 unspecified atom stereocenters. The van der Waals surface area contributed by atoms with E-state index in [4.69, 9.17) is 17.0 Å². The van der Waals surface area contributed by atoms with Gasteiger partial charge in [0.2, 0.25) is 0 Å². The van der Waals surface area contributed by atoms with Crippen LogP contribution in [-0.2, 0) is 17.8 Å². The average molecular weight is 386 g/mol. The highest BCUT2D eigenvalue weighted by Crippen LogP contribution is 2.34. The maximum Gasteiger partial charge on any atom is 0.270 e. The van der Waals surface area contributed by atoms with E-state index in [1.54, 1.807) is 30.3 Å². The molecular formula is C20H19NO3S2. The Morgan fingerprint density at radius 2 is 1.96 bits per heavy atom. The molecule has 26 heavy (non-hydrogen) atoms. The lowest BCUT2D eigenvalue weighted by Crippen LogP contribution is -2.27. The number of carbonyl (C=O) groups excluding carboxylic acids is 1. The predicted octanol–water partition coefficient (Wildman–Crippen LogP) is 4.80. The maximum atomic E-state index is 12.1. The molecule has 2 aromatic carbocycles. The molecule has 4 nitrogen and oxygen atoms in total. The monoisotopic (exact) mass is 385 g/mol. The summed E-state index contributed by atoms with van der Waals surface area (Å²) >= 11 is 6.44. The van der Waals surface area contributed by atoms with Crippen LogP contribution in [0.5, 0.6) is 11.5 Å². The summed E-state index contributed by atoms with van der Waals surface area (Å²) in [5, 5.41) is 10.0. The van der Waals surface area contributed by atoms with Crippen LogP contribution in [0.3, 0.4) is 0 Å². The summed E-state index contributed by atoms with van der Waals surface area (Å²) in [5.74, 6) is 0.809. The van der Waals surface area contributed by atoms with E-state index in [1.165, 1.54) is 16.7 Å². The molecule has 0 atom stereocenters. The Morgan fingerprint density at radius 1 is 1.23 bits per heavy atom. The van der Waals surface area contributed by atoms with E-state index in [-0.39, 0.29) is 5.91 Å². The van der Waals surface area contributed by atoms with Gasteiger partial charge in [0.1, 0.15) is 18.1 Å². The van der Waals surface area contributed by atoms with E-state index in [0.717, 1.165) is 24.0 Å². The molecule has 134 valence electrons. The zero-order valence-electron chi connectivity index (χ0n) is 14.4. The van der Waals surface area contributed by atoms with Crippen molar-refractivity contribution in [2.45, 2.75) is 26.4 Å². The van der Waals surface area contributed by atoms with Gasteiger partial charge in [-0.15, -0.1) is 0 Å². The van der Waals surface area contributed by atoms with Gasteiger partial charge in [0.05, 0.1) is 10.6 Å². The third-order valence-electron chi connectivity index (χ3n) is 4.07. The van der Waals surface area contributed by atoms with Crippen molar-refractivity contribution in [1.29, 1.82) is 0 Å². The number of anilines is 1. The molecule has 0 spiro atoms. The molecule has 1 heterocycles. The van der Waals surface area contributed by atoms with Gasteiger partial charge in [-0.25, -0.2) is 0 Å². The quantitative estimate of drug-likeness (QED) is 0.572. The third kappa shape index (κ3) is 3.76. The highest BCUT2D eigenvalue weighted by molar-refractivity contribution is 8.27. The van der Waals surface area contributed by atoms with Crippen LogP contribution in [0.1, 0.15) is 24.5 Å². The van der Waals surface area contributed by atoms with Crippen LogP contribution in [0.25, 0.3) is 0 Å². The first-order valence-corrected chi connectivity index (χ1v) is 9.51. The molecule has 1 N–H and O–H groups in total. The Bertz CT molecular complexity index is 862. The van der Waals surface area contributed by atoms with Gasteiger partial charge in [0.25, 0.3) is 5.91 Å². The number of ether oxygens (including phenoxy) is 1. The van der Waals surface area contributed by atoms with Gasteiger partial charge in [-0.05, 0) is 42.3 Å². The highest BCUT2D eigenvalue weighted by atomic mass is 32.2. The number of benzene rings is 2. The second-order valence-corrected chi connectivity index (χ2v) is 7.61. The van der Waals surface area contributed by atoms with Crippen molar-refractivity contribution in [2.24, 2.45) is 0 Å². The van der Waals surface area contributed by atoms with E-state index in [0.29, 0.717) is 33.0 Å². The minimum Gasteiger partial charge on any atom is -0.508 e. The molecule has 1 aliphatic heterocycles. The normalized spacial score (nSPS) is 14.2. The molecule has 0 aliphatic carbocycles. The van der Waals surface area contributed by atoms with Crippen molar-refractivity contribution in [3.63, 3.8) is 0 Å². The Morgan fingerprint density at radius 3 is 2.58 bits per heavy atom. The number of aromatic hydroxyl groups is 1. The summed E-state index contributed by atoms with van der Waals surface area (Å²) in [6.45, 7) is 6.16. The predicted molar refractivity (Wildman–Crippen MR) is 110 cm³/mol. The van der Waals surface area contributed by atoms with Crippen molar-refractivity contribution < 1.29 is 14.6 Å². The van der Waals surface area contributed by atoms with Crippen molar-refractivity contribution in [3.05, 3.63) is 65.1 Å². The molecule has 2 aromatic rings. The first-order chi connectivity index (χ1) is 12.5. The summed E-state index contributed by atoms with van der Waals surface area (Å²) in [7, 11) is 0. The van der Waals surface area contributed by atoms with Crippen LogP contribution >= 0.6 is 24.0 Å². The van der Waals surface area contributed by atoms with E-state index in [1.807, 2.05) is 12.1 Å². The second kappa shape index (κ2) is 7.93. The fourth-order valence-electron chi connectivity index (χ4n) is 2.77. The topological polar surface area (TPSA) is 49.8 Å². The first-order valence-electron chi connectivity index (χ1n) is 8.29. The van der Waals surface area contributed by atoms with Crippen molar-refractivity contribution in [2.75, 3.05) is 4.90 Å². The van der Waals surface area contributed by atoms with Crippen LogP contribution < -0.4 is 9.64 Å². The Hall–Kier alpha value is -2.31. The third-order valence-corrected chi connectivity index (χ3v) is 5.28. The smallest absolute Gasteiger partial charge is 0.270 e. The number of hydrogen-bond acceptors (Lipinski definition) is 5. The Kier molecular flexibility index (Phi) is 5.64.